The van der Waals surface area contributed by atoms with E-state index >= 15 is 0 Å². The third-order valence-corrected chi connectivity index (χ3v) is 7.97. The highest BCUT2D eigenvalue weighted by molar-refractivity contribution is 6.06. The summed E-state index contributed by atoms with van der Waals surface area (Å²) in [5, 5.41) is 3.06. The van der Waals surface area contributed by atoms with Crippen LogP contribution < -0.4 is 11.1 Å². The molecule has 2 fully saturated rings. The number of nitrogens with zero attached hydrogens (tertiary/aromatic N) is 3. The normalized spacial score (nSPS) is 25.3. The van der Waals surface area contributed by atoms with Crippen molar-refractivity contribution in [2.24, 2.45) is 16.6 Å². The molecule has 1 saturated heterocycles. The lowest BCUT2D eigenvalue weighted by atomic mass is 9.77. The molecule has 0 aromatic heterocycles. The maximum atomic E-state index is 13.7. The van der Waals surface area contributed by atoms with Crippen LogP contribution in [0.3, 0.4) is 0 Å². The monoisotopic (exact) mass is 481 g/mol. The number of hydrogen-bond donors (Lipinski definition) is 2. The van der Waals surface area contributed by atoms with Crippen LogP contribution in [0, 0.1) is 5.92 Å². The number of unbranched alkanes of at least 4 members (excludes halogenated alkanes) is 1. The maximum absolute atomic E-state index is 13.7. The second-order valence-corrected chi connectivity index (χ2v) is 10.8. The number of aliphatic imine (C=N–C) groups is 1. The van der Waals surface area contributed by atoms with Crippen LogP contribution in [-0.4, -0.2) is 45.8 Å². The second kappa shape index (κ2) is 11.4. The van der Waals surface area contributed by atoms with Crippen LogP contribution in [0.2, 0.25) is 0 Å². The van der Waals surface area contributed by atoms with Crippen molar-refractivity contribution in [1.82, 2.24) is 15.1 Å². The fraction of sp³-hybridized carbons (Fsp3) is 0.679. The Bertz CT molecular complexity index is 908. The molecule has 3 N–H and O–H groups in total. The van der Waals surface area contributed by atoms with Gasteiger partial charge in [0.05, 0.1) is 6.54 Å². The van der Waals surface area contributed by atoms with E-state index < -0.39 is 5.54 Å². The molecule has 1 saturated carbocycles. The summed E-state index contributed by atoms with van der Waals surface area (Å²) in [4.78, 5) is 34.4. The predicted octanol–water partition coefficient (Wildman–Crippen LogP) is 4.94. The number of benzene rings is 1. The van der Waals surface area contributed by atoms with Gasteiger partial charge in [0.2, 0.25) is 0 Å². The first-order chi connectivity index (χ1) is 16.9. The lowest BCUT2D eigenvalue weighted by Crippen LogP contribution is -2.45. The average molecular weight is 482 g/mol. The molecule has 3 amide bonds. The van der Waals surface area contributed by atoms with Gasteiger partial charge in [-0.15, -0.1) is 0 Å². The minimum absolute atomic E-state index is 0.0144. The molecule has 0 spiro atoms. The fourth-order valence-corrected chi connectivity index (χ4v) is 6.03. The van der Waals surface area contributed by atoms with E-state index in [9.17, 15) is 9.59 Å². The molecule has 7 heteroatoms. The third kappa shape index (κ3) is 5.99. The van der Waals surface area contributed by atoms with Crippen LogP contribution in [-0.2, 0) is 17.9 Å². The van der Waals surface area contributed by atoms with Gasteiger partial charge in [-0.2, -0.15) is 0 Å². The van der Waals surface area contributed by atoms with Crippen molar-refractivity contribution in [2.75, 3.05) is 6.54 Å². The van der Waals surface area contributed by atoms with Gasteiger partial charge in [0.15, 0.2) is 5.96 Å². The van der Waals surface area contributed by atoms with Crippen LogP contribution >= 0.6 is 0 Å². The molecule has 0 radical (unpaired) electrons. The van der Waals surface area contributed by atoms with Crippen molar-refractivity contribution in [2.45, 2.75) is 109 Å². The number of nitrogens with one attached hydrogen (secondary N) is 1. The number of urea groups is 1. The first kappa shape index (κ1) is 25.5. The van der Waals surface area contributed by atoms with Crippen LogP contribution in [0.15, 0.2) is 29.3 Å². The zero-order chi connectivity index (χ0) is 24.8. The highest BCUT2D eigenvalue weighted by Crippen LogP contribution is 2.39. The summed E-state index contributed by atoms with van der Waals surface area (Å²) in [7, 11) is 0. The molecule has 1 aliphatic carbocycles. The highest BCUT2D eigenvalue weighted by Gasteiger charge is 2.48. The predicted molar refractivity (Wildman–Crippen MR) is 140 cm³/mol. The van der Waals surface area contributed by atoms with E-state index in [4.69, 9.17) is 10.7 Å². The first-order valence-corrected chi connectivity index (χ1v) is 13.7. The van der Waals surface area contributed by atoms with E-state index in [0.29, 0.717) is 25.0 Å². The Morgan fingerprint density at radius 1 is 1.03 bits per heavy atom. The number of carbonyl (C=O) groups excluding carboxylic acids is 2. The number of guanidine groups is 1. The van der Waals surface area contributed by atoms with E-state index in [1.807, 2.05) is 17.0 Å². The molecule has 2 atom stereocenters. The van der Waals surface area contributed by atoms with Gasteiger partial charge in [0.25, 0.3) is 5.91 Å². The van der Waals surface area contributed by atoms with E-state index in [1.165, 1.54) is 32.1 Å². The van der Waals surface area contributed by atoms with Crippen molar-refractivity contribution in [3.8, 4) is 0 Å². The van der Waals surface area contributed by atoms with Crippen molar-refractivity contribution < 1.29 is 9.59 Å². The van der Waals surface area contributed by atoms with Crippen molar-refractivity contribution in [3.63, 3.8) is 0 Å². The minimum atomic E-state index is -0.680. The van der Waals surface area contributed by atoms with Crippen LogP contribution in [0.4, 0.5) is 4.79 Å². The number of rotatable bonds is 11. The molecular weight excluding hydrogens is 438 g/mol. The molecule has 1 aromatic rings. The minimum Gasteiger partial charge on any atom is -0.369 e. The van der Waals surface area contributed by atoms with E-state index in [-0.39, 0.29) is 18.0 Å². The lowest BCUT2D eigenvalue weighted by Gasteiger charge is -2.32. The van der Waals surface area contributed by atoms with Crippen LogP contribution in [0.25, 0.3) is 0 Å². The number of nitrogens with two attached hydrogens (primary N) is 1. The number of amides is 3. The van der Waals surface area contributed by atoms with E-state index in [0.717, 1.165) is 56.2 Å². The molecular formula is C28H43N5O2. The topological polar surface area (TPSA) is 91.0 Å². The first-order valence-electron chi connectivity index (χ1n) is 13.7. The summed E-state index contributed by atoms with van der Waals surface area (Å²) >= 11 is 0. The summed E-state index contributed by atoms with van der Waals surface area (Å²) in [5.41, 5.74) is 7.80. The van der Waals surface area contributed by atoms with Crippen molar-refractivity contribution in [1.29, 1.82) is 0 Å². The average Bonchev–Trinajstić information content (AvgIpc) is 3.31. The van der Waals surface area contributed by atoms with Crippen LogP contribution in [0.1, 0.15) is 95.6 Å². The molecule has 3 aliphatic rings. The lowest BCUT2D eigenvalue weighted by molar-refractivity contribution is -0.132. The van der Waals surface area contributed by atoms with Gasteiger partial charge in [-0.3, -0.25) is 9.69 Å². The van der Waals surface area contributed by atoms with Gasteiger partial charge in [0.1, 0.15) is 5.54 Å². The molecule has 0 bridgehead atoms. The maximum Gasteiger partial charge on any atom is 0.318 e. The summed E-state index contributed by atoms with van der Waals surface area (Å²) in [6, 6.07) is 8.45. The Kier molecular flexibility index (Phi) is 8.34. The van der Waals surface area contributed by atoms with Gasteiger partial charge in [0, 0.05) is 19.1 Å². The summed E-state index contributed by atoms with van der Waals surface area (Å²) < 4.78 is 0. The Hall–Kier alpha value is -2.57. The molecule has 4 rings (SSSR count). The van der Waals surface area contributed by atoms with Gasteiger partial charge in [-0.05, 0) is 36.3 Å². The van der Waals surface area contributed by atoms with Crippen molar-refractivity contribution in [3.05, 3.63) is 35.4 Å². The quantitative estimate of drug-likeness (QED) is 0.469. The summed E-state index contributed by atoms with van der Waals surface area (Å²) in [5.74, 6) is 1.01. The van der Waals surface area contributed by atoms with Gasteiger partial charge in [-0.1, -0.05) is 89.5 Å². The van der Waals surface area contributed by atoms with Crippen LogP contribution in [0.5, 0.6) is 0 Å². The smallest absolute Gasteiger partial charge is 0.318 e. The van der Waals surface area contributed by atoms with E-state index in [2.05, 4.69) is 31.3 Å². The zero-order valence-corrected chi connectivity index (χ0v) is 21.6. The van der Waals surface area contributed by atoms with Gasteiger partial charge in [-0.25, -0.2) is 9.79 Å². The molecule has 1 unspecified atom stereocenters. The Labute approximate surface area is 210 Å². The van der Waals surface area contributed by atoms with Gasteiger partial charge < -0.3 is 16.0 Å². The fourth-order valence-electron chi connectivity index (χ4n) is 6.03. The Balaban J connectivity index is 1.40. The third-order valence-electron chi connectivity index (χ3n) is 7.97. The standard InChI is InChI=1S/C28H43N5O2/c1-3-5-16-28(17-21-10-7-6-8-11-21)25(34)33(26(29)31-28)19-23-14-12-22(13-15-23)18-32-20-24(9-4-2)30-27(32)35/h12-15,21,24H,3-11,16-20H2,1-2H3,(H2,29,31)(H,30,35)/t24-,28?/m0/s1. The Morgan fingerprint density at radius 3 is 2.37 bits per heavy atom. The SMILES string of the molecule is CCCCC1(CC2CCCCC2)N=C(N)N(Cc2ccc(CN3C[C@H](CCC)NC3=O)cc2)C1=O. The molecule has 2 heterocycles. The molecule has 2 aliphatic heterocycles. The van der Waals surface area contributed by atoms with E-state index in [1.54, 1.807) is 4.90 Å². The largest absolute Gasteiger partial charge is 0.369 e. The molecule has 35 heavy (non-hydrogen) atoms. The number of carbonyl (C=O) groups is 2. The highest BCUT2D eigenvalue weighted by atomic mass is 16.2. The second-order valence-electron chi connectivity index (χ2n) is 10.8. The molecule has 1 aromatic carbocycles. The zero-order valence-electron chi connectivity index (χ0n) is 21.6. The Morgan fingerprint density at radius 2 is 1.71 bits per heavy atom. The number of hydrogen-bond acceptors (Lipinski definition) is 4. The summed E-state index contributed by atoms with van der Waals surface area (Å²) in [6.07, 6.45) is 12.0. The van der Waals surface area contributed by atoms with Crippen molar-refractivity contribution >= 4 is 17.9 Å². The summed E-state index contributed by atoms with van der Waals surface area (Å²) in [6.45, 7) is 6.09. The molecule has 7 nitrogen and oxygen atoms in total. The molecule has 192 valence electrons. The van der Waals surface area contributed by atoms with Gasteiger partial charge >= 0.3 is 6.03 Å².